The molecule has 0 spiro atoms. The van der Waals surface area contributed by atoms with E-state index in [4.69, 9.17) is 34.8 Å². The van der Waals surface area contributed by atoms with Crippen molar-refractivity contribution < 1.29 is 9.59 Å². The smallest absolute Gasteiger partial charge is 0.229 e. The monoisotopic (exact) mass is 306 g/mol. The number of hydrogen-bond acceptors (Lipinski definition) is 2. The molecule has 1 aromatic rings. The van der Waals surface area contributed by atoms with Gasteiger partial charge < -0.3 is 10.6 Å². The lowest BCUT2D eigenvalue weighted by molar-refractivity contribution is -0.123. The number of rotatable bonds is 2. The van der Waals surface area contributed by atoms with Crippen LogP contribution in [0, 0.1) is 5.92 Å². The van der Waals surface area contributed by atoms with Crippen LogP contribution in [0.4, 0.5) is 5.69 Å². The maximum Gasteiger partial charge on any atom is 0.229 e. The number of amides is 2. The van der Waals surface area contributed by atoms with Crippen LogP contribution in [-0.2, 0) is 9.59 Å². The van der Waals surface area contributed by atoms with Gasteiger partial charge in [-0.25, -0.2) is 0 Å². The van der Waals surface area contributed by atoms with Gasteiger partial charge in [0.15, 0.2) is 0 Å². The second-order valence-electron chi connectivity index (χ2n) is 3.94. The fourth-order valence-electron chi connectivity index (χ4n) is 1.68. The second kappa shape index (κ2) is 5.34. The molecule has 2 N–H and O–H groups in total. The van der Waals surface area contributed by atoms with Gasteiger partial charge in [0.2, 0.25) is 11.8 Å². The van der Waals surface area contributed by atoms with Gasteiger partial charge in [-0.2, -0.15) is 0 Å². The minimum absolute atomic E-state index is 0.136. The summed E-state index contributed by atoms with van der Waals surface area (Å²) in [4.78, 5) is 22.9. The molecule has 1 aromatic carbocycles. The standard InChI is InChI=1S/C11H9Cl3N2O2/c12-6-2-7(13)10(8(14)3-6)16-11(18)5-1-9(17)15-4-5/h2-3,5H,1,4H2,(H,15,17)(H,16,18). The van der Waals surface area contributed by atoms with Gasteiger partial charge in [0, 0.05) is 18.0 Å². The maximum atomic E-state index is 11.9. The first-order valence-electron chi connectivity index (χ1n) is 5.19. The fourth-order valence-corrected chi connectivity index (χ4v) is 2.59. The van der Waals surface area contributed by atoms with Crippen LogP contribution in [0.15, 0.2) is 12.1 Å². The average molecular weight is 308 g/mol. The van der Waals surface area contributed by atoms with E-state index in [1.165, 1.54) is 12.1 Å². The fraction of sp³-hybridized carbons (Fsp3) is 0.273. The van der Waals surface area contributed by atoms with Gasteiger partial charge in [0.05, 0.1) is 21.7 Å². The Hall–Kier alpha value is -0.970. The lowest BCUT2D eigenvalue weighted by atomic mass is 10.1. The summed E-state index contributed by atoms with van der Waals surface area (Å²) in [6.07, 6.45) is 0.175. The first-order valence-corrected chi connectivity index (χ1v) is 6.33. The van der Waals surface area contributed by atoms with Crippen molar-refractivity contribution in [1.29, 1.82) is 0 Å². The predicted octanol–water partition coefficient (Wildman–Crippen LogP) is 2.72. The van der Waals surface area contributed by atoms with E-state index in [0.29, 0.717) is 17.3 Å². The third kappa shape index (κ3) is 2.88. The SMILES string of the molecule is O=C1CC(C(=O)Nc2c(Cl)cc(Cl)cc2Cl)CN1. The van der Waals surface area contributed by atoms with Crippen molar-refractivity contribution in [3.05, 3.63) is 27.2 Å². The Morgan fingerprint density at radius 3 is 2.39 bits per heavy atom. The van der Waals surface area contributed by atoms with E-state index in [-0.39, 0.29) is 28.3 Å². The Balaban J connectivity index is 2.14. The third-order valence-electron chi connectivity index (χ3n) is 2.60. The van der Waals surface area contributed by atoms with Gasteiger partial charge in [0.25, 0.3) is 0 Å². The topological polar surface area (TPSA) is 58.2 Å². The molecule has 1 unspecified atom stereocenters. The van der Waals surface area contributed by atoms with E-state index in [9.17, 15) is 9.59 Å². The van der Waals surface area contributed by atoms with Crippen molar-refractivity contribution in [2.75, 3.05) is 11.9 Å². The van der Waals surface area contributed by atoms with Crippen LogP contribution in [0.2, 0.25) is 15.1 Å². The van der Waals surface area contributed by atoms with Crippen molar-refractivity contribution in [3.63, 3.8) is 0 Å². The van der Waals surface area contributed by atoms with Gasteiger partial charge >= 0.3 is 0 Å². The maximum absolute atomic E-state index is 11.9. The number of halogens is 3. The Morgan fingerprint density at radius 2 is 1.89 bits per heavy atom. The van der Waals surface area contributed by atoms with E-state index in [2.05, 4.69) is 10.6 Å². The number of nitrogens with one attached hydrogen (secondary N) is 2. The summed E-state index contributed by atoms with van der Waals surface area (Å²) in [6.45, 7) is 0.327. The molecule has 1 aliphatic rings. The minimum atomic E-state index is -0.402. The average Bonchev–Trinajstić information content (AvgIpc) is 2.70. The lowest BCUT2D eigenvalue weighted by Crippen LogP contribution is -2.25. The number of anilines is 1. The molecule has 1 atom stereocenters. The number of carbonyl (C=O) groups is 2. The highest BCUT2D eigenvalue weighted by Crippen LogP contribution is 2.34. The molecule has 1 fully saturated rings. The molecule has 1 saturated heterocycles. The molecule has 18 heavy (non-hydrogen) atoms. The van der Waals surface area contributed by atoms with Crippen LogP contribution in [0.3, 0.4) is 0 Å². The van der Waals surface area contributed by atoms with E-state index in [0.717, 1.165) is 0 Å². The van der Waals surface area contributed by atoms with E-state index in [1.54, 1.807) is 0 Å². The van der Waals surface area contributed by atoms with Crippen LogP contribution < -0.4 is 10.6 Å². The summed E-state index contributed by atoms with van der Waals surface area (Å²) in [5.74, 6) is -0.830. The minimum Gasteiger partial charge on any atom is -0.355 e. The second-order valence-corrected chi connectivity index (χ2v) is 5.19. The molecule has 0 bridgehead atoms. The van der Waals surface area contributed by atoms with Crippen molar-refractivity contribution in [3.8, 4) is 0 Å². The Kier molecular flexibility index (Phi) is 4.00. The van der Waals surface area contributed by atoms with Crippen molar-refractivity contribution in [2.45, 2.75) is 6.42 Å². The van der Waals surface area contributed by atoms with Crippen LogP contribution >= 0.6 is 34.8 Å². The molecule has 0 aliphatic carbocycles. The summed E-state index contributed by atoms with van der Waals surface area (Å²) >= 11 is 17.7. The molecular weight excluding hydrogens is 298 g/mol. The van der Waals surface area contributed by atoms with Gasteiger partial charge in [-0.15, -0.1) is 0 Å². The Morgan fingerprint density at radius 1 is 1.28 bits per heavy atom. The summed E-state index contributed by atoms with van der Waals surface area (Å²) in [6, 6.07) is 2.98. The first kappa shape index (κ1) is 13.5. The zero-order valence-corrected chi connectivity index (χ0v) is 11.4. The molecule has 96 valence electrons. The summed E-state index contributed by atoms with van der Waals surface area (Å²) in [5.41, 5.74) is 0.312. The predicted molar refractivity (Wildman–Crippen MR) is 71.2 cm³/mol. The number of carbonyl (C=O) groups excluding carboxylic acids is 2. The third-order valence-corrected chi connectivity index (χ3v) is 3.42. The van der Waals surface area contributed by atoms with Crippen LogP contribution in [-0.4, -0.2) is 18.4 Å². The highest BCUT2D eigenvalue weighted by molar-refractivity contribution is 6.42. The van der Waals surface area contributed by atoms with Crippen molar-refractivity contribution in [2.24, 2.45) is 5.92 Å². The van der Waals surface area contributed by atoms with Crippen LogP contribution in [0.1, 0.15) is 6.42 Å². The van der Waals surface area contributed by atoms with Gasteiger partial charge in [0.1, 0.15) is 0 Å². The quantitative estimate of drug-likeness (QED) is 0.882. The summed E-state index contributed by atoms with van der Waals surface area (Å²) in [7, 11) is 0. The summed E-state index contributed by atoms with van der Waals surface area (Å²) in [5, 5.41) is 6.12. The van der Waals surface area contributed by atoms with Crippen molar-refractivity contribution in [1.82, 2.24) is 5.32 Å². The molecule has 2 amide bonds. The number of benzene rings is 1. The zero-order chi connectivity index (χ0) is 13.3. The number of hydrogen-bond donors (Lipinski definition) is 2. The van der Waals surface area contributed by atoms with E-state index >= 15 is 0 Å². The Labute approximate surface area is 119 Å². The van der Waals surface area contributed by atoms with Crippen molar-refractivity contribution >= 4 is 52.3 Å². The molecule has 4 nitrogen and oxygen atoms in total. The molecular formula is C11H9Cl3N2O2. The van der Waals surface area contributed by atoms with Crippen LogP contribution in [0.25, 0.3) is 0 Å². The highest BCUT2D eigenvalue weighted by atomic mass is 35.5. The molecule has 1 heterocycles. The van der Waals surface area contributed by atoms with E-state index in [1.807, 2.05) is 0 Å². The molecule has 0 aromatic heterocycles. The molecule has 1 aliphatic heterocycles. The molecule has 0 radical (unpaired) electrons. The largest absolute Gasteiger partial charge is 0.355 e. The van der Waals surface area contributed by atoms with Gasteiger partial charge in [-0.05, 0) is 12.1 Å². The molecule has 2 rings (SSSR count). The molecule has 0 saturated carbocycles. The molecule has 7 heteroatoms. The van der Waals surface area contributed by atoms with Gasteiger partial charge in [-0.1, -0.05) is 34.8 Å². The van der Waals surface area contributed by atoms with Crippen LogP contribution in [0.5, 0.6) is 0 Å². The normalized spacial score (nSPS) is 18.6. The first-order chi connectivity index (χ1) is 8.47. The Bertz CT molecular complexity index is 496. The zero-order valence-electron chi connectivity index (χ0n) is 9.10. The summed E-state index contributed by atoms with van der Waals surface area (Å²) < 4.78 is 0. The lowest BCUT2D eigenvalue weighted by Gasteiger charge is -2.12. The van der Waals surface area contributed by atoms with Gasteiger partial charge in [-0.3, -0.25) is 9.59 Å². The highest BCUT2D eigenvalue weighted by Gasteiger charge is 2.28. The van der Waals surface area contributed by atoms with E-state index < -0.39 is 5.92 Å².